The first-order chi connectivity index (χ1) is 11.1. The van der Waals surface area contributed by atoms with E-state index in [0.29, 0.717) is 10.2 Å². The van der Waals surface area contributed by atoms with Crippen LogP contribution in [0.5, 0.6) is 0 Å². The van der Waals surface area contributed by atoms with Crippen LogP contribution >= 0.6 is 15.9 Å². The number of anilines is 1. The Morgan fingerprint density at radius 3 is 2.33 bits per heavy atom. The Bertz CT molecular complexity index is 955. The Balaban J connectivity index is 2.26. The predicted octanol–water partition coefficient (Wildman–Crippen LogP) is 2.36. The van der Waals surface area contributed by atoms with Crippen LogP contribution in [0.1, 0.15) is 47.1 Å². The molecular formula is C17H16BrN3O3. The fourth-order valence-corrected chi connectivity index (χ4v) is 3.24. The molecule has 0 spiro atoms. The van der Waals surface area contributed by atoms with Crippen LogP contribution in [-0.4, -0.2) is 16.4 Å². The molecule has 6 nitrogen and oxygen atoms in total. The average molecular weight is 390 g/mol. The molecule has 124 valence electrons. The van der Waals surface area contributed by atoms with Gasteiger partial charge in [0.15, 0.2) is 0 Å². The molecule has 0 atom stereocenters. The highest BCUT2D eigenvalue weighted by molar-refractivity contribution is 9.10. The van der Waals surface area contributed by atoms with Crippen molar-refractivity contribution < 1.29 is 9.59 Å². The van der Waals surface area contributed by atoms with Crippen LogP contribution in [0.3, 0.4) is 0 Å². The van der Waals surface area contributed by atoms with E-state index >= 15 is 0 Å². The second-order valence-corrected chi connectivity index (χ2v) is 7.55. The summed E-state index contributed by atoms with van der Waals surface area (Å²) in [7, 11) is 0. The highest BCUT2D eigenvalue weighted by atomic mass is 79.9. The summed E-state index contributed by atoms with van der Waals surface area (Å²) in [4.78, 5) is 36.1. The number of nitrogens with one attached hydrogen (secondary N) is 1. The number of imide groups is 1. The third kappa shape index (κ3) is 2.45. The number of hydrogen-bond donors (Lipinski definition) is 2. The summed E-state index contributed by atoms with van der Waals surface area (Å²) in [6, 6.07) is 6.73. The van der Waals surface area contributed by atoms with Gasteiger partial charge < -0.3 is 5.73 Å². The number of hydrogen-bond acceptors (Lipinski definition) is 4. The highest BCUT2D eigenvalue weighted by Gasteiger charge is 2.32. The predicted molar refractivity (Wildman–Crippen MR) is 94.6 cm³/mol. The van der Waals surface area contributed by atoms with Crippen LogP contribution in [0.2, 0.25) is 0 Å². The molecule has 2 amide bonds. The molecule has 1 aliphatic heterocycles. The lowest BCUT2D eigenvalue weighted by Gasteiger charge is -2.21. The minimum absolute atomic E-state index is 0.0150. The molecule has 1 aliphatic rings. The number of fused-ring (bicyclic) bond motifs is 1. The molecule has 0 radical (unpaired) electrons. The van der Waals surface area contributed by atoms with Gasteiger partial charge in [-0.3, -0.25) is 24.3 Å². The summed E-state index contributed by atoms with van der Waals surface area (Å²) < 4.78 is 1.90. The lowest BCUT2D eigenvalue weighted by molar-refractivity contribution is 0.0880. The molecule has 0 fully saturated rings. The Kier molecular flexibility index (Phi) is 3.64. The first-order valence-corrected chi connectivity index (χ1v) is 8.12. The summed E-state index contributed by atoms with van der Waals surface area (Å²) in [5, 5.41) is 2.15. The van der Waals surface area contributed by atoms with Crippen molar-refractivity contribution in [1.82, 2.24) is 9.88 Å². The fraction of sp³-hybridized carbons (Fsp3) is 0.235. The first-order valence-electron chi connectivity index (χ1n) is 7.33. The van der Waals surface area contributed by atoms with E-state index in [-0.39, 0.29) is 22.4 Å². The number of aromatic nitrogens is 1. The van der Waals surface area contributed by atoms with Gasteiger partial charge in [0.2, 0.25) is 0 Å². The number of nitrogens with two attached hydrogens (primary N) is 1. The Morgan fingerprint density at radius 1 is 1.08 bits per heavy atom. The molecule has 0 aliphatic carbocycles. The Hall–Kier alpha value is -2.41. The average Bonchev–Trinajstić information content (AvgIpc) is 2.74. The number of pyridine rings is 1. The van der Waals surface area contributed by atoms with E-state index in [1.165, 1.54) is 4.57 Å². The molecule has 0 unspecified atom stereocenters. The topological polar surface area (TPSA) is 94.2 Å². The summed E-state index contributed by atoms with van der Waals surface area (Å²) in [6.07, 6.45) is 0. The van der Waals surface area contributed by atoms with Gasteiger partial charge in [0.25, 0.3) is 17.4 Å². The van der Waals surface area contributed by atoms with Gasteiger partial charge in [-0.05, 0) is 39.0 Å². The fourth-order valence-electron chi connectivity index (χ4n) is 2.68. The Morgan fingerprint density at radius 2 is 1.75 bits per heavy atom. The summed E-state index contributed by atoms with van der Waals surface area (Å²) >= 11 is 3.47. The number of carbonyl (C=O) groups excluding carboxylic acids is 2. The van der Waals surface area contributed by atoms with Crippen molar-refractivity contribution in [3.8, 4) is 5.69 Å². The van der Waals surface area contributed by atoms with Crippen LogP contribution in [0.4, 0.5) is 5.82 Å². The lowest BCUT2D eigenvalue weighted by atomic mass is 9.87. The third-order valence-corrected chi connectivity index (χ3v) is 4.64. The molecule has 7 heteroatoms. The van der Waals surface area contributed by atoms with Gasteiger partial charge in [-0.2, -0.15) is 0 Å². The van der Waals surface area contributed by atoms with Gasteiger partial charge in [0.1, 0.15) is 5.82 Å². The smallest absolute Gasteiger partial charge is 0.262 e. The standard InChI is InChI=1S/C17H16BrN3O3/c1-17(2,3)8-4-5-11(10(18)6-8)21-12(22)7-9-13(14(21)19)16(24)20-15(9)23/h4-7H,19H2,1-3H3,(H,20,23,24). The minimum Gasteiger partial charge on any atom is -0.384 e. The van der Waals surface area contributed by atoms with Crippen molar-refractivity contribution >= 4 is 33.6 Å². The number of benzene rings is 1. The first kappa shape index (κ1) is 16.4. The normalized spacial score (nSPS) is 13.8. The van der Waals surface area contributed by atoms with E-state index in [2.05, 4.69) is 42.0 Å². The number of nitrogen functional groups attached to an aromatic ring is 1. The van der Waals surface area contributed by atoms with Crippen molar-refractivity contribution in [2.24, 2.45) is 0 Å². The molecule has 24 heavy (non-hydrogen) atoms. The van der Waals surface area contributed by atoms with Crippen molar-refractivity contribution in [3.05, 3.63) is 55.8 Å². The van der Waals surface area contributed by atoms with Gasteiger partial charge >= 0.3 is 0 Å². The zero-order chi connectivity index (χ0) is 17.8. The van der Waals surface area contributed by atoms with Gasteiger partial charge in [0, 0.05) is 10.5 Å². The van der Waals surface area contributed by atoms with Crippen LogP contribution in [0.15, 0.2) is 33.5 Å². The summed E-state index contributed by atoms with van der Waals surface area (Å²) in [6.45, 7) is 6.25. The van der Waals surface area contributed by atoms with Crippen molar-refractivity contribution in [2.45, 2.75) is 26.2 Å². The molecule has 2 aromatic rings. The zero-order valence-electron chi connectivity index (χ0n) is 13.4. The second kappa shape index (κ2) is 5.31. The Labute approximate surface area is 146 Å². The van der Waals surface area contributed by atoms with E-state index in [0.717, 1.165) is 11.6 Å². The number of amides is 2. The number of rotatable bonds is 1. The monoisotopic (exact) mass is 389 g/mol. The minimum atomic E-state index is -0.604. The van der Waals surface area contributed by atoms with Crippen LogP contribution in [0, 0.1) is 0 Å². The van der Waals surface area contributed by atoms with Gasteiger partial charge in [0.05, 0.1) is 16.8 Å². The maximum atomic E-state index is 12.5. The largest absolute Gasteiger partial charge is 0.384 e. The number of carbonyl (C=O) groups is 2. The van der Waals surface area contributed by atoms with Crippen LogP contribution in [0.25, 0.3) is 5.69 Å². The maximum Gasteiger partial charge on any atom is 0.262 e. The van der Waals surface area contributed by atoms with Crippen molar-refractivity contribution in [2.75, 3.05) is 5.73 Å². The van der Waals surface area contributed by atoms with Gasteiger partial charge in [-0.15, -0.1) is 0 Å². The SMILES string of the molecule is CC(C)(C)c1ccc(-n2c(N)c3c(cc2=O)C(=O)NC3=O)c(Br)c1. The molecular weight excluding hydrogens is 374 g/mol. The summed E-state index contributed by atoms with van der Waals surface area (Å²) in [5.41, 5.74) is 7.16. The van der Waals surface area contributed by atoms with E-state index in [1.807, 2.05) is 12.1 Å². The second-order valence-electron chi connectivity index (χ2n) is 6.69. The quantitative estimate of drug-likeness (QED) is 0.731. The maximum absolute atomic E-state index is 12.5. The molecule has 1 aromatic heterocycles. The van der Waals surface area contributed by atoms with Gasteiger partial charge in [-0.25, -0.2) is 0 Å². The molecule has 2 heterocycles. The third-order valence-electron chi connectivity index (χ3n) is 4.01. The zero-order valence-corrected chi connectivity index (χ0v) is 15.0. The number of nitrogens with zero attached hydrogens (tertiary/aromatic N) is 1. The van der Waals surface area contributed by atoms with Crippen molar-refractivity contribution in [3.63, 3.8) is 0 Å². The molecule has 0 saturated heterocycles. The molecule has 3 N–H and O–H groups in total. The van der Waals surface area contributed by atoms with E-state index in [1.54, 1.807) is 6.07 Å². The number of halogens is 1. The van der Waals surface area contributed by atoms with Gasteiger partial charge in [-0.1, -0.05) is 26.8 Å². The van der Waals surface area contributed by atoms with E-state index < -0.39 is 17.4 Å². The van der Waals surface area contributed by atoms with E-state index in [4.69, 9.17) is 5.73 Å². The highest BCUT2D eigenvalue weighted by Crippen LogP contribution is 2.31. The molecule has 3 rings (SSSR count). The van der Waals surface area contributed by atoms with E-state index in [9.17, 15) is 14.4 Å². The molecule has 1 aromatic carbocycles. The lowest BCUT2D eigenvalue weighted by Crippen LogP contribution is -2.24. The molecule has 0 bridgehead atoms. The molecule has 0 saturated carbocycles. The van der Waals surface area contributed by atoms with Crippen LogP contribution < -0.4 is 16.6 Å². The van der Waals surface area contributed by atoms with Crippen molar-refractivity contribution in [1.29, 1.82) is 0 Å². The summed E-state index contributed by atoms with van der Waals surface area (Å²) in [5.74, 6) is -1.25. The van der Waals surface area contributed by atoms with Crippen LogP contribution in [-0.2, 0) is 5.41 Å².